The van der Waals surface area contributed by atoms with Crippen molar-refractivity contribution in [1.29, 1.82) is 0 Å². The smallest absolute Gasteiger partial charge is 0.255 e. The Morgan fingerprint density at radius 3 is 2.69 bits per heavy atom. The van der Waals surface area contributed by atoms with Gasteiger partial charge >= 0.3 is 0 Å². The van der Waals surface area contributed by atoms with Crippen molar-refractivity contribution in [2.45, 2.75) is 81.4 Å². The van der Waals surface area contributed by atoms with Gasteiger partial charge in [-0.2, -0.15) is 0 Å². The van der Waals surface area contributed by atoms with Crippen LogP contribution in [0.5, 0.6) is 0 Å². The van der Waals surface area contributed by atoms with E-state index in [0.717, 1.165) is 75.8 Å². The number of fused-ring (bicyclic) bond motifs is 2. The lowest BCUT2D eigenvalue weighted by Crippen LogP contribution is -2.39. The van der Waals surface area contributed by atoms with Gasteiger partial charge in [-0.25, -0.2) is 4.98 Å². The van der Waals surface area contributed by atoms with E-state index < -0.39 is 0 Å². The van der Waals surface area contributed by atoms with Crippen LogP contribution in [0.25, 0.3) is 11.1 Å². The van der Waals surface area contributed by atoms with E-state index in [0.29, 0.717) is 11.6 Å². The molecule has 2 saturated heterocycles. The van der Waals surface area contributed by atoms with E-state index in [1.165, 1.54) is 30.5 Å². The summed E-state index contributed by atoms with van der Waals surface area (Å²) in [6.45, 7) is 4.14. The van der Waals surface area contributed by atoms with Gasteiger partial charge in [-0.1, -0.05) is 18.2 Å². The number of nitrogen functional groups attached to an aromatic ring is 1. The molecule has 36 heavy (non-hydrogen) atoms. The molecule has 4 N–H and O–H groups in total. The first-order chi connectivity index (χ1) is 17.5. The van der Waals surface area contributed by atoms with Crippen molar-refractivity contribution in [3.8, 4) is 11.1 Å². The molecule has 1 saturated carbocycles. The fourth-order valence-electron chi connectivity index (χ4n) is 6.99. The van der Waals surface area contributed by atoms with Gasteiger partial charge in [-0.3, -0.25) is 9.69 Å². The van der Waals surface area contributed by atoms with Gasteiger partial charge in [0.1, 0.15) is 5.82 Å². The number of nitrogens with zero attached hydrogens (tertiary/aromatic N) is 2. The number of benzene rings is 1. The number of ether oxygens (including phenoxy) is 1. The Balaban J connectivity index is 1.19. The average Bonchev–Trinajstić information content (AvgIpc) is 3.50. The Labute approximate surface area is 213 Å². The maximum atomic E-state index is 13.0. The van der Waals surface area contributed by atoms with Crippen LogP contribution in [0.4, 0.5) is 5.82 Å². The van der Waals surface area contributed by atoms with E-state index >= 15 is 0 Å². The standard InChI is InChI=1S/C29H38N4O3/c30-27-25(28(35)32-22-2-4-24(34)5-3-22)16-21(17-31-27)19-1-6-26-20(15-19)7-10-29(26)11-12-33(18-29)23-8-13-36-14-9-23/h1,6,15-17,22-24,34H,2-5,7-14,18H2,(H2,30,31)(H,32,35). The molecule has 7 nitrogen and oxygen atoms in total. The second kappa shape index (κ2) is 9.77. The van der Waals surface area contributed by atoms with E-state index in [-0.39, 0.29) is 29.3 Å². The van der Waals surface area contributed by atoms with E-state index in [2.05, 4.69) is 33.4 Å². The first-order valence-corrected chi connectivity index (χ1v) is 13.7. The minimum atomic E-state index is -0.249. The van der Waals surface area contributed by atoms with Crippen molar-refractivity contribution in [1.82, 2.24) is 15.2 Å². The van der Waals surface area contributed by atoms with Crippen LogP contribution in [0.1, 0.15) is 72.9 Å². The Morgan fingerprint density at radius 2 is 1.89 bits per heavy atom. The van der Waals surface area contributed by atoms with Gasteiger partial charge in [0, 0.05) is 49.0 Å². The molecule has 2 aliphatic heterocycles. The van der Waals surface area contributed by atoms with Gasteiger partial charge in [0.15, 0.2) is 0 Å². The third kappa shape index (κ3) is 4.53. The number of aryl methyl sites for hydroxylation is 1. The zero-order valence-electron chi connectivity index (χ0n) is 21.0. The van der Waals surface area contributed by atoms with Crippen LogP contribution in [-0.2, 0) is 16.6 Å². The third-order valence-corrected chi connectivity index (χ3v) is 9.17. The summed E-state index contributed by atoms with van der Waals surface area (Å²) >= 11 is 0. The summed E-state index contributed by atoms with van der Waals surface area (Å²) in [4.78, 5) is 20.1. The molecule has 3 heterocycles. The largest absolute Gasteiger partial charge is 0.393 e. The lowest BCUT2D eigenvalue weighted by molar-refractivity contribution is 0.0404. The number of amides is 1. The quantitative estimate of drug-likeness (QED) is 0.607. The number of nitrogens with one attached hydrogen (secondary N) is 1. The second-order valence-electron chi connectivity index (χ2n) is 11.4. The van der Waals surface area contributed by atoms with Gasteiger partial charge < -0.3 is 20.9 Å². The highest BCUT2D eigenvalue weighted by molar-refractivity contribution is 5.99. The maximum Gasteiger partial charge on any atom is 0.255 e. The molecule has 0 radical (unpaired) electrons. The number of hydrogen-bond acceptors (Lipinski definition) is 6. The molecule has 1 amide bonds. The molecular formula is C29H38N4O3. The van der Waals surface area contributed by atoms with Gasteiger partial charge in [0.05, 0.1) is 11.7 Å². The molecule has 7 heteroatoms. The summed E-state index contributed by atoms with van der Waals surface area (Å²) in [5, 5.41) is 12.8. The first kappa shape index (κ1) is 23.9. The number of aliphatic hydroxyl groups is 1. The summed E-state index contributed by atoms with van der Waals surface area (Å²) in [7, 11) is 0. The molecular weight excluding hydrogens is 452 g/mol. The third-order valence-electron chi connectivity index (χ3n) is 9.17. The number of aliphatic hydroxyl groups excluding tert-OH is 1. The molecule has 3 fully saturated rings. The molecule has 6 rings (SSSR count). The number of pyridine rings is 1. The van der Waals surface area contributed by atoms with Gasteiger partial charge in [-0.15, -0.1) is 0 Å². The predicted octanol–water partition coefficient (Wildman–Crippen LogP) is 3.43. The number of nitrogens with two attached hydrogens (primary N) is 1. The Morgan fingerprint density at radius 1 is 1.08 bits per heavy atom. The summed E-state index contributed by atoms with van der Waals surface area (Å²) in [5.74, 6) is 0.0777. The highest BCUT2D eigenvalue weighted by atomic mass is 16.5. The molecule has 1 unspecified atom stereocenters. The second-order valence-corrected chi connectivity index (χ2v) is 11.4. The molecule has 1 aromatic carbocycles. The van der Waals surface area contributed by atoms with Crippen molar-refractivity contribution in [2.24, 2.45) is 0 Å². The van der Waals surface area contributed by atoms with Crippen molar-refractivity contribution in [3.63, 3.8) is 0 Å². The Kier molecular flexibility index (Phi) is 6.48. The molecule has 4 aliphatic rings. The molecule has 0 bridgehead atoms. The van der Waals surface area contributed by atoms with E-state index in [4.69, 9.17) is 10.5 Å². The Bertz CT molecular complexity index is 1120. The summed E-state index contributed by atoms with van der Waals surface area (Å²) in [6, 6.07) is 9.45. The molecule has 2 aliphatic carbocycles. The van der Waals surface area contributed by atoms with E-state index in [1.807, 2.05) is 6.07 Å². The fraction of sp³-hybridized carbons (Fsp3) is 0.586. The molecule has 2 aromatic rings. The molecule has 1 aromatic heterocycles. The minimum Gasteiger partial charge on any atom is -0.393 e. The number of rotatable bonds is 4. The van der Waals surface area contributed by atoms with Crippen molar-refractivity contribution < 1.29 is 14.6 Å². The molecule has 192 valence electrons. The average molecular weight is 491 g/mol. The van der Waals surface area contributed by atoms with Crippen molar-refractivity contribution in [2.75, 3.05) is 32.0 Å². The number of hydrogen-bond donors (Lipinski definition) is 3. The van der Waals surface area contributed by atoms with Crippen LogP contribution < -0.4 is 11.1 Å². The van der Waals surface area contributed by atoms with Crippen LogP contribution in [0.3, 0.4) is 0 Å². The van der Waals surface area contributed by atoms with Crippen LogP contribution in [0.2, 0.25) is 0 Å². The number of aromatic nitrogens is 1. The summed E-state index contributed by atoms with van der Waals surface area (Å²) in [5.41, 5.74) is 11.8. The van der Waals surface area contributed by atoms with Crippen LogP contribution >= 0.6 is 0 Å². The highest BCUT2D eigenvalue weighted by Crippen LogP contribution is 2.47. The summed E-state index contributed by atoms with van der Waals surface area (Å²) in [6.07, 6.45) is 10.4. The zero-order chi connectivity index (χ0) is 24.7. The number of carbonyl (C=O) groups is 1. The fourth-order valence-corrected chi connectivity index (χ4v) is 6.99. The SMILES string of the molecule is Nc1ncc(-c2ccc3c(c2)CCC32CCN(C3CCOCC3)C2)cc1C(=O)NC1CCC(O)CC1. The normalized spacial score (nSPS) is 28.9. The molecule has 1 atom stereocenters. The van der Waals surface area contributed by atoms with E-state index in [9.17, 15) is 9.90 Å². The van der Waals surface area contributed by atoms with E-state index in [1.54, 1.807) is 6.20 Å². The number of carbonyl (C=O) groups excluding carboxylic acids is 1. The van der Waals surface area contributed by atoms with Crippen LogP contribution in [0, 0.1) is 0 Å². The lowest BCUT2D eigenvalue weighted by atomic mass is 9.80. The van der Waals surface area contributed by atoms with Crippen LogP contribution in [-0.4, -0.2) is 65.4 Å². The minimum absolute atomic E-state index is 0.0762. The highest BCUT2D eigenvalue weighted by Gasteiger charge is 2.45. The predicted molar refractivity (Wildman–Crippen MR) is 140 cm³/mol. The van der Waals surface area contributed by atoms with Crippen LogP contribution in [0.15, 0.2) is 30.5 Å². The molecule has 1 spiro atoms. The number of likely N-dealkylation sites (tertiary alicyclic amines) is 1. The van der Waals surface area contributed by atoms with Crippen molar-refractivity contribution in [3.05, 3.63) is 47.2 Å². The van der Waals surface area contributed by atoms with Crippen molar-refractivity contribution >= 4 is 11.7 Å². The zero-order valence-corrected chi connectivity index (χ0v) is 21.0. The topological polar surface area (TPSA) is 101 Å². The van der Waals surface area contributed by atoms with Gasteiger partial charge in [0.2, 0.25) is 0 Å². The first-order valence-electron chi connectivity index (χ1n) is 13.7. The van der Waals surface area contributed by atoms with Gasteiger partial charge in [-0.05, 0) is 87.1 Å². The Hall–Kier alpha value is -2.48. The lowest BCUT2D eigenvalue weighted by Gasteiger charge is -2.33. The monoisotopic (exact) mass is 490 g/mol. The maximum absolute atomic E-state index is 13.0. The summed E-state index contributed by atoms with van der Waals surface area (Å²) < 4.78 is 5.59. The number of anilines is 1. The van der Waals surface area contributed by atoms with Gasteiger partial charge in [0.25, 0.3) is 5.91 Å².